The van der Waals surface area contributed by atoms with Crippen molar-refractivity contribution in [2.75, 3.05) is 0 Å². The molecule has 0 aromatic heterocycles. The van der Waals surface area contributed by atoms with Gasteiger partial charge < -0.3 is 9.84 Å². The molecule has 1 N–H and O–H groups in total. The molecule has 0 unspecified atom stereocenters. The molecule has 0 spiro atoms. The third-order valence-electron chi connectivity index (χ3n) is 2.50. The van der Waals surface area contributed by atoms with Crippen LogP contribution >= 0.6 is 31.9 Å². The molecule has 0 bridgehead atoms. The van der Waals surface area contributed by atoms with E-state index in [4.69, 9.17) is 9.84 Å². The lowest BCUT2D eigenvalue weighted by atomic mass is 10.2. The summed E-state index contributed by atoms with van der Waals surface area (Å²) in [4.78, 5) is 10.5. The fraction of sp³-hybridized carbons (Fsp3) is 0. The molecule has 0 aliphatic rings. The molecule has 108 valence electrons. The average molecular weight is 416 g/mol. The Labute approximate surface area is 137 Å². The zero-order valence-electron chi connectivity index (χ0n) is 10.5. The lowest BCUT2D eigenvalue weighted by Gasteiger charge is -2.08. The normalized spacial score (nSPS) is 10.8. The van der Waals surface area contributed by atoms with Crippen LogP contribution in [0.4, 0.5) is 4.39 Å². The first kappa shape index (κ1) is 15.7. The van der Waals surface area contributed by atoms with Crippen molar-refractivity contribution >= 4 is 43.9 Å². The fourth-order valence-corrected chi connectivity index (χ4v) is 2.38. The van der Waals surface area contributed by atoms with Crippen LogP contribution in [0.3, 0.4) is 0 Å². The molecule has 0 saturated carbocycles. The van der Waals surface area contributed by atoms with Crippen molar-refractivity contribution in [1.29, 1.82) is 0 Å². The van der Waals surface area contributed by atoms with E-state index in [0.717, 1.165) is 6.08 Å². The smallest absolute Gasteiger partial charge is 0.328 e. The molecule has 0 radical (unpaired) electrons. The predicted octanol–water partition coefficient (Wildman–Crippen LogP) is 5.24. The Hall–Kier alpha value is -1.66. The maximum absolute atomic E-state index is 13.7. The Kier molecular flexibility index (Phi) is 5.14. The highest BCUT2D eigenvalue weighted by molar-refractivity contribution is 9.10. The second-order valence-corrected chi connectivity index (χ2v) is 5.80. The lowest BCUT2D eigenvalue weighted by molar-refractivity contribution is -0.131. The van der Waals surface area contributed by atoms with E-state index in [1.165, 1.54) is 18.2 Å². The topological polar surface area (TPSA) is 46.5 Å². The predicted molar refractivity (Wildman–Crippen MR) is 85.0 cm³/mol. The van der Waals surface area contributed by atoms with Crippen molar-refractivity contribution in [1.82, 2.24) is 0 Å². The molecule has 0 fully saturated rings. The number of rotatable bonds is 4. The van der Waals surface area contributed by atoms with E-state index in [1.807, 2.05) is 0 Å². The number of ether oxygens (including phenoxy) is 1. The molecular weight excluding hydrogens is 407 g/mol. The Bertz CT molecular complexity index is 714. The van der Waals surface area contributed by atoms with E-state index in [0.29, 0.717) is 20.3 Å². The van der Waals surface area contributed by atoms with Crippen LogP contribution in [0.5, 0.6) is 11.5 Å². The first-order chi connectivity index (χ1) is 9.95. The Morgan fingerprint density at radius 1 is 1.19 bits per heavy atom. The number of aliphatic carboxylic acids is 1. The molecule has 21 heavy (non-hydrogen) atoms. The van der Waals surface area contributed by atoms with Gasteiger partial charge in [-0.25, -0.2) is 9.18 Å². The molecule has 0 aliphatic heterocycles. The van der Waals surface area contributed by atoms with Gasteiger partial charge in [-0.2, -0.15) is 0 Å². The van der Waals surface area contributed by atoms with Crippen molar-refractivity contribution < 1.29 is 19.0 Å². The summed E-state index contributed by atoms with van der Waals surface area (Å²) in [6.07, 6.45) is 2.49. The van der Waals surface area contributed by atoms with Gasteiger partial charge in [-0.1, -0.05) is 37.9 Å². The molecule has 6 heteroatoms. The number of hydrogen-bond donors (Lipinski definition) is 1. The molecule has 3 nitrogen and oxygen atoms in total. The van der Waals surface area contributed by atoms with Crippen LogP contribution in [0.25, 0.3) is 6.08 Å². The second-order valence-electron chi connectivity index (χ2n) is 4.03. The number of halogens is 3. The van der Waals surface area contributed by atoms with Crippen molar-refractivity contribution in [3.8, 4) is 11.5 Å². The number of carbonyl (C=O) groups is 1. The van der Waals surface area contributed by atoms with E-state index >= 15 is 0 Å². The molecule has 2 aromatic rings. The highest BCUT2D eigenvalue weighted by Crippen LogP contribution is 2.30. The van der Waals surface area contributed by atoms with Crippen molar-refractivity contribution in [3.05, 3.63) is 62.8 Å². The van der Waals surface area contributed by atoms with Gasteiger partial charge in [-0.3, -0.25) is 0 Å². The monoisotopic (exact) mass is 414 g/mol. The summed E-state index contributed by atoms with van der Waals surface area (Å²) < 4.78 is 20.4. The van der Waals surface area contributed by atoms with Gasteiger partial charge in [0, 0.05) is 15.0 Å². The van der Waals surface area contributed by atoms with Crippen molar-refractivity contribution in [2.24, 2.45) is 0 Å². The minimum atomic E-state index is -1.03. The molecule has 0 atom stereocenters. The van der Waals surface area contributed by atoms with Crippen molar-refractivity contribution in [2.45, 2.75) is 0 Å². The zero-order chi connectivity index (χ0) is 15.4. The van der Waals surface area contributed by atoms with Gasteiger partial charge >= 0.3 is 5.97 Å². The zero-order valence-corrected chi connectivity index (χ0v) is 13.7. The first-order valence-electron chi connectivity index (χ1n) is 5.79. The molecule has 0 heterocycles. The molecule has 0 amide bonds. The summed E-state index contributed by atoms with van der Waals surface area (Å²) in [6.45, 7) is 0. The maximum atomic E-state index is 13.7. The summed E-state index contributed by atoms with van der Waals surface area (Å²) in [5.41, 5.74) is 0.682. The van der Waals surface area contributed by atoms with Gasteiger partial charge in [0.05, 0.1) is 0 Å². The minimum Gasteiger partial charge on any atom is -0.478 e. The minimum absolute atomic E-state index is 0.110. The highest BCUT2D eigenvalue weighted by Gasteiger charge is 2.07. The number of carboxylic acids is 1. The van der Waals surface area contributed by atoms with Crippen LogP contribution in [0.1, 0.15) is 5.56 Å². The fourth-order valence-electron chi connectivity index (χ4n) is 1.55. The third-order valence-corrected chi connectivity index (χ3v) is 3.68. The number of benzene rings is 2. The third kappa shape index (κ3) is 4.41. The molecule has 2 rings (SSSR count). The van der Waals surface area contributed by atoms with Crippen LogP contribution in [0, 0.1) is 5.82 Å². The van der Waals surface area contributed by atoms with Crippen LogP contribution in [-0.2, 0) is 4.79 Å². The number of carboxylic acid groups (broad SMARTS) is 1. The summed E-state index contributed by atoms with van der Waals surface area (Å²) >= 11 is 6.49. The van der Waals surface area contributed by atoms with Crippen LogP contribution in [0.15, 0.2) is 51.4 Å². The summed E-state index contributed by atoms with van der Waals surface area (Å²) in [5, 5.41) is 8.60. The van der Waals surface area contributed by atoms with Gasteiger partial charge in [-0.15, -0.1) is 0 Å². The van der Waals surface area contributed by atoms with Crippen LogP contribution in [-0.4, -0.2) is 11.1 Å². The SMILES string of the molecule is O=C(O)/C=C/c1ccc(Oc2ccc(Br)cc2F)cc1Br. The summed E-state index contributed by atoms with van der Waals surface area (Å²) in [7, 11) is 0. The lowest BCUT2D eigenvalue weighted by Crippen LogP contribution is -1.90. The van der Waals surface area contributed by atoms with Crippen molar-refractivity contribution in [3.63, 3.8) is 0 Å². The van der Waals surface area contributed by atoms with Crippen LogP contribution < -0.4 is 4.74 Å². The maximum Gasteiger partial charge on any atom is 0.328 e. The molecule has 2 aromatic carbocycles. The van der Waals surface area contributed by atoms with E-state index < -0.39 is 11.8 Å². The van der Waals surface area contributed by atoms with Gasteiger partial charge in [-0.05, 0) is 42.0 Å². The Morgan fingerprint density at radius 2 is 1.95 bits per heavy atom. The first-order valence-corrected chi connectivity index (χ1v) is 7.38. The van der Waals surface area contributed by atoms with Crippen LogP contribution in [0.2, 0.25) is 0 Å². The quantitative estimate of drug-likeness (QED) is 0.694. The van der Waals surface area contributed by atoms with E-state index in [9.17, 15) is 9.18 Å². The van der Waals surface area contributed by atoms with Gasteiger partial charge in [0.25, 0.3) is 0 Å². The average Bonchev–Trinajstić information content (AvgIpc) is 2.41. The van der Waals surface area contributed by atoms with E-state index in [1.54, 1.807) is 24.3 Å². The highest BCUT2D eigenvalue weighted by atomic mass is 79.9. The Balaban J connectivity index is 2.22. The summed E-state index contributed by atoms with van der Waals surface area (Å²) in [6, 6.07) is 9.46. The second kappa shape index (κ2) is 6.87. The van der Waals surface area contributed by atoms with Gasteiger partial charge in [0.15, 0.2) is 11.6 Å². The Morgan fingerprint density at radius 3 is 2.57 bits per heavy atom. The van der Waals surface area contributed by atoms with E-state index in [-0.39, 0.29) is 5.75 Å². The van der Waals surface area contributed by atoms with Gasteiger partial charge in [0.1, 0.15) is 5.75 Å². The molecular formula is C15H9Br2FO3. The van der Waals surface area contributed by atoms with Gasteiger partial charge in [0.2, 0.25) is 0 Å². The molecule has 0 saturated heterocycles. The molecule has 0 aliphatic carbocycles. The number of hydrogen-bond acceptors (Lipinski definition) is 2. The summed E-state index contributed by atoms with van der Waals surface area (Å²) in [5.74, 6) is -0.955. The largest absolute Gasteiger partial charge is 0.478 e. The van der Waals surface area contributed by atoms with E-state index in [2.05, 4.69) is 31.9 Å². The standard InChI is InChI=1S/C15H9Br2FO3/c16-10-3-5-14(13(18)7-10)21-11-4-1-9(12(17)8-11)2-6-15(19)20/h1-8H,(H,19,20)/b6-2+.